The molecule has 0 radical (unpaired) electrons. The number of nitrogens with zero attached hydrogens (tertiary/aromatic N) is 3. The monoisotopic (exact) mass is 312 g/mol. The van der Waals surface area contributed by atoms with Gasteiger partial charge in [-0.05, 0) is 29.5 Å². The molecule has 0 spiro atoms. The molecule has 2 rings (SSSR count). The first-order valence-corrected chi connectivity index (χ1v) is 7.13. The molecule has 0 fully saturated rings. The third-order valence-corrected chi connectivity index (χ3v) is 3.46. The van der Waals surface area contributed by atoms with E-state index in [9.17, 15) is 13.2 Å². The minimum Gasteiger partial charge on any atom is -0.357 e. The highest BCUT2D eigenvalue weighted by Gasteiger charge is 2.37. The number of benzene rings is 1. The Hall–Kier alpha value is -2.05. The van der Waals surface area contributed by atoms with E-state index in [1.165, 1.54) is 11.7 Å². The summed E-state index contributed by atoms with van der Waals surface area (Å²) in [5.74, 6) is -0.726. The number of aryl methyl sites for hydroxylation is 1. The number of nitrogens with one attached hydrogen (secondary N) is 1. The lowest BCUT2D eigenvalue weighted by Crippen LogP contribution is -2.09. The fourth-order valence-corrected chi connectivity index (χ4v) is 2.22. The van der Waals surface area contributed by atoms with E-state index < -0.39 is 12.0 Å². The van der Waals surface area contributed by atoms with Crippen molar-refractivity contribution in [1.82, 2.24) is 14.8 Å². The fourth-order valence-electron chi connectivity index (χ4n) is 2.22. The van der Waals surface area contributed by atoms with E-state index in [4.69, 9.17) is 0 Å². The maximum atomic E-state index is 12.8. The van der Waals surface area contributed by atoms with Crippen LogP contribution in [0.5, 0.6) is 0 Å². The molecule has 0 bridgehead atoms. The van der Waals surface area contributed by atoms with Crippen LogP contribution in [0.4, 0.5) is 19.1 Å². The van der Waals surface area contributed by atoms with Crippen molar-refractivity contribution in [1.29, 1.82) is 0 Å². The Kier molecular flexibility index (Phi) is 4.44. The van der Waals surface area contributed by atoms with Gasteiger partial charge in [0.2, 0.25) is 5.95 Å². The maximum Gasteiger partial charge on any atom is 0.453 e. The van der Waals surface area contributed by atoms with Crippen LogP contribution in [0.15, 0.2) is 18.2 Å². The fraction of sp³-hybridized carbons (Fsp3) is 0.467. The minimum atomic E-state index is -4.57. The zero-order chi connectivity index (χ0) is 16.5. The van der Waals surface area contributed by atoms with Gasteiger partial charge >= 0.3 is 6.18 Å². The predicted molar refractivity (Wildman–Crippen MR) is 79.4 cm³/mol. The second-order valence-corrected chi connectivity index (χ2v) is 5.31. The van der Waals surface area contributed by atoms with Crippen LogP contribution in [0.25, 0.3) is 5.69 Å². The van der Waals surface area contributed by atoms with E-state index in [0.29, 0.717) is 18.0 Å². The SMILES string of the molecule is CCc1cc(C(C)C)ccc1-n1nc(C(F)(F)F)nc1NC. The third kappa shape index (κ3) is 3.08. The average Bonchev–Trinajstić information content (AvgIpc) is 2.90. The highest BCUT2D eigenvalue weighted by molar-refractivity contribution is 5.48. The molecule has 1 aromatic carbocycles. The van der Waals surface area contributed by atoms with Gasteiger partial charge in [-0.15, -0.1) is 5.10 Å². The van der Waals surface area contributed by atoms with E-state index in [2.05, 4.69) is 29.2 Å². The second-order valence-electron chi connectivity index (χ2n) is 5.31. The van der Waals surface area contributed by atoms with Gasteiger partial charge < -0.3 is 5.32 Å². The minimum absolute atomic E-state index is 0.0688. The Morgan fingerprint density at radius 2 is 1.95 bits per heavy atom. The highest BCUT2D eigenvalue weighted by Crippen LogP contribution is 2.30. The van der Waals surface area contributed by atoms with Crippen LogP contribution in [0, 0.1) is 0 Å². The molecule has 1 heterocycles. The number of aromatic nitrogens is 3. The van der Waals surface area contributed by atoms with Crippen molar-refractivity contribution in [2.45, 2.75) is 39.3 Å². The van der Waals surface area contributed by atoms with Crippen LogP contribution < -0.4 is 5.32 Å². The Morgan fingerprint density at radius 1 is 1.27 bits per heavy atom. The van der Waals surface area contributed by atoms with Crippen molar-refractivity contribution < 1.29 is 13.2 Å². The van der Waals surface area contributed by atoms with Crippen LogP contribution in [-0.2, 0) is 12.6 Å². The van der Waals surface area contributed by atoms with Crippen molar-refractivity contribution in [3.8, 4) is 5.69 Å². The lowest BCUT2D eigenvalue weighted by molar-refractivity contribution is -0.144. The van der Waals surface area contributed by atoms with Gasteiger partial charge in [0.15, 0.2) is 0 Å². The summed E-state index contributed by atoms with van der Waals surface area (Å²) in [5.41, 5.74) is 2.68. The second kappa shape index (κ2) is 5.98. The van der Waals surface area contributed by atoms with Gasteiger partial charge in [0.05, 0.1) is 5.69 Å². The van der Waals surface area contributed by atoms with Crippen LogP contribution in [0.1, 0.15) is 43.6 Å². The van der Waals surface area contributed by atoms with Gasteiger partial charge in [0.25, 0.3) is 5.82 Å². The number of hydrogen-bond acceptors (Lipinski definition) is 3. The number of alkyl halides is 3. The summed E-state index contributed by atoms with van der Waals surface area (Å²) in [4.78, 5) is 3.53. The topological polar surface area (TPSA) is 42.7 Å². The van der Waals surface area contributed by atoms with Gasteiger partial charge in [0.1, 0.15) is 0 Å². The zero-order valence-electron chi connectivity index (χ0n) is 13.0. The summed E-state index contributed by atoms with van der Waals surface area (Å²) >= 11 is 0. The lowest BCUT2D eigenvalue weighted by atomic mass is 9.98. The van der Waals surface area contributed by atoms with Crippen molar-refractivity contribution in [3.63, 3.8) is 0 Å². The van der Waals surface area contributed by atoms with Gasteiger partial charge in [0, 0.05) is 7.05 Å². The molecule has 120 valence electrons. The molecule has 1 aromatic heterocycles. The predicted octanol–water partition coefficient (Wildman–Crippen LogP) is 4.01. The van der Waals surface area contributed by atoms with Crippen LogP contribution in [0.3, 0.4) is 0 Å². The van der Waals surface area contributed by atoms with Gasteiger partial charge in [-0.2, -0.15) is 22.8 Å². The number of halogens is 3. The molecular formula is C15H19F3N4. The van der Waals surface area contributed by atoms with E-state index in [0.717, 1.165) is 11.1 Å². The molecule has 0 unspecified atom stereocenters. The normalized spacial score (nSPS) is 12.0. The molecular weight excluding hydrogens is 293 g/mol. The first kappa shape index (κ1) is 16.3. The smallest absolute Gasteiger partial charge is 0.357 e. The largest absolute Gasteiger partial charge is 0.453 e. The van der Waals surface area contributed by atoms with Crippen molar-refractivity contribution in [2.24, 2.45) is 0 Å². The summed E-state index contributed by atoms with van der Waals surface area (Å²) in [6.45, 7) is 6.11. The highest BCUT2D eigenvalue weighted by atomic mass is 19.4. The standard InChI is InChI=1S/C15H19F3N4/c1-5-10-8-11(9(2)3)6-7-12(10)22-14(19-4)20-13(21-22)15(16,17)18/h6-9H,5H2,1-4H3,(H,19,20,21). The summed E-state index contributed by atoms with van der Waals surface area (Å²) < 4.78 is 39.7. The first-order valence-electron chi connectivity index (χ1n) is 7.13. The Bertz CT molecular complexity index is 659. The molecule has 0 amide bonds. The first-order chi connectivity index (χ1) is 10.3. The van der Waals surface area contributed by atoms with Crippen molar-refractivity contribution in [3.05, 3.63) is 35.2 Å². The van der Waals surface area contributed by atoms with Crippen LogP contribution in [-0.4, -0.2) is 21.8 Å². The lowest BCUT2D eigenvalue weighted by Gasteiger charge is -2.13. The summed E-state index contributed by atoms with van der Waals surface area (Å²) in [6.07, 6.45) is -3.87. The molecule has 22 heavy (non-hydrogen) atoms. The molecule has 2 aromatic rings. The van der Waals surface area contributed by atoms with Gasteiger partial charge in [-0.1, -0.05) is 32.9 Å². The Labute approximate surface area is 127 Å². The van der Waals surface area contributed by atoms with Crippen molar-refractivity contribution >= 4 is 5.95 Å². The third-order valence-electron chi connectivity index (χ3n) is 3.46. The van der Waals surface area contributed by atoms with Crippen molar-refractivity contribution in [2.75, 3.05) is 12.4 Å². The number of rotatable bonds is 4. The molecule has 0 aliphatic heterocycles. The van der Waals surface area contributed by atoms with E-state index in [-0.39, 0.29) is 5.95 Å². The molecule has 0 atom stereocenters. The molecule has 4 nitrogen and oxygen atoms in total. The summed E-state index contributed by atoms with van der Waals surface area (Å²) in [7, 11) is 1.52. The Balaban J connectivity index is 2.58. The van der Waals surface area contributed by atoms with Gasteiger partial charge in [-0.3, -0.25) is 0 Å². The summed E-state index contributed by atoms with van der Waals surface area (Å²) in [6, 6.07) is 5.71. The van der Waals surface area contributed by atoms with Gasteiger partial charge in [-0.25, -0.2) is 0 Å². The molecule has 0 aliphatic carbocycles. The van der Waals surface area contributed by atoms with Crippen LogP contribution >= 0.6 is 0 Å². The molecule has 0 aliphatic rings. The molecule has 7 heteroatoms. The van der Waals surface area contributed by atoms with E-state index in [1.807, 2.05) is 19.1 Å². The quantitative estimate of drug-likeness (QED) is 0.927. The van der Waals surface area contributed by atoms with E-state index in [1.54, 1.807) is 6.07 Å². The average molecular weight is 312 g/mol. The maximum absolute atomic E-state index is 12.8. The molecule has 1 N–H and O–H groups in total. The summed E-state index contributed by atoms with van der Waals surface area (Å²) in [5, 5.41) is 6.29. The number of hydrogen-bond donors (Lipinski definition) is 1. The molecule has 0 saturated carbocycles. The van der Waals surface area contributed by atoms with Crippen LogP contribution in [0.2, 0.25) is 0 Å². The Morgan fingerprint density at radius 3 is 2.45 bits per heavy atom. The molecule has 0 saturated heterocycles. The zero-order valence-corrected chi connectivity index (χ0v) is 13.0. The van der Waals surface area contributed by atoms with E-state index >= 15 is 0 Å². The number of anilines is 1.